The van der Waals surface area contributed by atoms with Gasteiger partial charge in [0, 0.05) is 25.0 Å². The average molecular weight is 299 g/mol. The van der Waals surface area contributed by atoms with Crippen LogP contribution in [0.1, 0.15) is 22.4 Å². The molecule has 0 atom stereocenters. The van der Waals surface area contributed by atoms with Crippen molar-refractivity contribution in [2.24, 2.45) is 0 Å². The van der Waals surface area contributed by atoms with Crippen LogP contribution in [-0.2, 0) is 19.6 Å². The zero-order chi connectivity index (χ0) is 15.8. The van der Waals surface area contributed by atoms with Gasteiger partial charge in [0.2, 0.25) is 0 Å². The first-order valence-electron chi connectivity index (χ1n) is 7.29. The van der Waals surface area contributed by atoms with Gasteiger partial charge in [-0.1, -0.05) is 30.3 Å². The second kappa shape index (κ2) is 8.14. The summed E-state index contributed by atoms with van der Waals surface area (Å²) in [6.45, 7) is 3.01. The highest BCUT2D eigenvalue weighted by molar-refractivity contribution is 5.73. The molecule has 22 heavy (non-hydrogen) atoms. The number of hydrogen-bond donors (Lipinski definition) is 3. The number of aryl methyl sites for hydroxylation is 1. The van der Waals surface area contributed by atoms with Crippen LogP contribution >= 0.6 is 0 Å². The lowest BCUT2D eigenvalue weighted by molar-refractivity contribution is 0.240. The van der Waals surface area contributed by atoms with Crippen molar-refractivity contribution in [2.75, 3.05) is 6.54 Å². The van der Waals surface area contributed by atoms with Gasteiger partial charge in [0.1, 0.15) is 0 Å². The molecule has 3 N–H and O–H groups in total. The molecule has 0 unspecified atom stereocenters. The molecular formula is C17H21N3O2. The Kier molecular flexibility index (Phi) is 5.91. The number of carbonyl (C=O) groups is 1. The summed E-state index contributed by atoms with van der Waals surface area (Å²) in [5.74, 6) is 0. The lowest BCUT2D eigenvalue weighted by atomic mass is 10.1. The van der Waals surface area contributed by atoms with Crippen molar-refractivity contribution in [3.05, 3.63) is 65.0 Å². The molecule has 0 fully saturated rings. The molecule has 0 saturated heterocycles. The molecule has 5 heteroatoms. The Balaban J connectivity index is 1.67. The number of nitrogens with zero attached hydrogens (tertiary/aromatic N) is 1. The lowest BCUT2D eigenvalue weighted by Crippen LogP contribution is -2.36. The van der Waals surface area contributed by atoms with Crippen molar-refractivity contribution >= 4 is 6.03 Å². The summed E-state index contributed by atoms with van der Waals surface area (Å²) in [6, 6.07) is 11.4. The Bertz CT molecular complexity index is 594. The van der Waals surface area contributed by atoms with Crippen LogP contribution in [-0.4, -0.2) is 22.7 Å². The highest BCUT2D eigenvalue weighted by atomic mass is 16.3. The maximum absolute atomic E-state index is 11.7. The lowest BCUT2D eigenvalue weighted by Gasteiger charge is -2.08. The molecule has 116 valence electrons. The van der Waals surface area contributed by atoms with Gasteiger partial charge in [0.15, 0.2) is 0 Å². The zero-order valence-corrected chi connectivity index (χ0v) is 12.7. The summed E-state index contributed by atoms with van der Waals surface area (Å²) in [4.78, 5) is 15.9. The number of hydrogen-bond acceptors (Lipinski definition) is 3. The minimum absolute atomic E-state index is 0.0504. The molecule has 2 amide bonds. The fraction of sp³-hybridized carbons (Fsp3) is 0.294. The van der Waals surface area contributed by atoms with Gasteiger partial charge in [0.25, 0.3) is 0 Å². The SMILES string of the molecule is Cc1ccc(CNC(=O)NCCc2ccc(CO)cc2)cn1. The molecule has 1 aromatic carbocycles. The summed E-state index contributed by atoms with van der Waals surface area (Å²) < 4.78 is 0. The number of aromatic nitrogens is 1. The van der Waals surface area contributed by atoms with Crippen molar-refractivity contribution in [1.29, 1.82) is 0 Å². The standard InChI is InChI=1S/C17H21N3O2/c1-13-2-3-16(10-19-13)11-20-17(22)18-9-8-14-4-6-15(12-21)7-5-14/h2-7,10,21H,8-9,11-12H2,1H3,(H2,18,20,22). The van der Waals surface area contributed by atoms with Crippen LogP contribution in [0, 0.1) is 6.92 Å². The van der Waals surface area contributed by atoms with E-state index in [0.717, 1.165) is 28.8 Å². The third kappa shape index (κ3) is 5.18. The highest BCUT2D eigenvalue weighted by Crippen LogP contribution is 2.04. The second-order valence-electron chi connectivity index (χ2n) is 5.14. The molecular weight excluding hydrogens is 278 g/mol. The van der Waals surface area contributed by atoms with Gasteiger partial charge >= 0.3 is 6.03 Å². The Morgan fingerprint density at radius 1 is 1.05 bits per heavy atom. The first kappa shape index (κ1) is 16.0. The number of urea groups is 1. The van der Waals surface area contributed by atoms with Crippen LogP contribution in [0.3, 0.4) is 0 Å². The van der Waals surface area contributed by atoms with E-state index in [1.165, 1.54) is 0 Å². The van der Waals surface area contributed by atoms with Gasteiger partial charge < -0.3 is 15.7 Å². The number of benzene rings is 1. The Morgan fingerprint density at radius 3 is 2.36 bits per heavy atom. The molecule has 5 nitrogen and oxygen atoms in total. The molecule has 0 saturated carbocycles. The fourth-order valence-corrected chi connectivity index (χ4v) is 1.98. The summed E-state index contributed by atoms with van der Waals surface area (Å²) in [7, 11) is 0. The molecule has 2 aromatic rings. The van der Waals surface area contributed by atoms with Gasteiger partial charge in [-0.05, 0) is 36.1 Å². The van der Waals surface area contributed by atoms with Crippen molar-refractivity contribution in [3.63, 3.8) is 0 Å². The monoisotopic (exact) mass is 299 g/mol. The zero-order valence-electron chi connectivity index (χ0n) is 12.7. The summed E-state index contributed by atoms with van der Waals surface area (Å²) in [6.07, 6.45) is 2.52. The quantitative estimate of drug-likeness (QED) is 0.763. The predicted octanol–water partition coefficient (Wildman–Crippen LogP) is 1.92. The Hall–Kier alpha value is -2.40. The first-order valence-corrected chi connectivity index (χ1v) is 7.29. The minimum Gasteiger partial charge on any atom is -0.392 e. The van der Waals surface area contributed by atoms with Crippen LogP contribution in [0.2, 0.25) is 0 Å². The van der Waals surface area contributed by atoms with Gasteiger partial charge in [-0.15, -0.1) is 0 Å². The minimum atomic E-state index is -0.187. The van der Waals surface area contributed by atoms with E-state index < -0.39 is 0 Å². The largest absolute Gasteiger partial charge is 0.392 e. The topological polar surface area (TPSA) is 74.2 Å². The maximum atomic E-state index is 11.7. The van der Waals surface area contributed by atoms with E-state index in [4.69, 9.17) is 5.11 Å². The Labute approximate surface area is 130 Å². The number of aliphatic hydroxyl groups is 1. The normalized spacial score (nSPS) is 10.3. The van der Waals surface area contributed by atoms with E-state index in [0.29, 0.717) is 13.1 Å². The molecule has 1 heterocycles. The number of aliphatic hydroxyl groups excluding tert-OH is 1. The van der Waals surface area contributed by atoms with E-state index in [1.54, 1.807) is 6.20 Å². The van der Waals surface area contributed by atoms with E-state index in [-0.39, 0.29) is 12.6 Å². The third-order valence-electron chi connectivity index (χ3n) is 3.33. The summed E-state index contributed by atoms with van der Waals surface area (Å²) >= 11 is 0. The molecule has 0 bridgehead atoms. The van der Waals surface area contributed by atoms with Gasteiger partial charge in [-0.25, -0.2) is 4.79 Å². The third-order valence-corrected chi connectivity index (χ3v) is 3.33. The second-order valence-corrected chi connectivity index (χ2v) is 5.14. The van der Waals surface area contributed by atoms with Gasteiger partial charge in [-0.2, -0.15) is 0 Å². The fourth-order valence-electron chi connectivity index (χ4n) is 1.98. The van der Waals surface area contributed by atoms with Gasteiger partial charge in [0.05, 0.1) is 6.61 Å². The van der Waals surface area contributed by atoms with E-state index in [1.807, 2.05) is 43.3 Å². The van der Waals surface area contributed by atoms with Crippen LogP contribution in [0.5, 0.6) is 0 Å². The summed E-state index contributed by atoms with van der Waals surface area (Å²) in [5.41, 5.74) is 3.95. The number of carbonyl (C=O) groups excluding carboxylic acids is 1. The van der Waals surface area contributed by atoms with Crippen molar-refractivity contribution in [2.45, 2.75) is 26.5 Å². The first-order chi connectivity index (χ1) is 10.7. The predicted molar refractivity (Wildman–Crippen MR) is 85.3 cm³/mol. The van der Waals surface area contributed by atoms with Crippen LogP contribution < -0.4 is 10.6 Å². The van der Waals surface area contributed by atoms with Crippen LogP contribution in [0.4, 0.5) is 4.79 Å². The maximum Gasteiger partial charge on any atom is 0.315 e. The molecule has 0 aliphatic rings. The van der Waals surface area contributed by atoms with E-state index in [9.17, 15) is 4.79 Å². The smallest absolute Gasteiger partial charge is 0.315 e. The van der Waals surface area contributed by atoms with Crippen molar-refractivity contribution in [3.8, 4) is 0 Å². The van der Waals surface area contributed by atoms with E-state index >= 15 is 0 Å². The van der Waals surface area contributed by atoms with Crippen molar-refractivity contribution in [1.82, 2.24) is 15.6 Å². The molecule has 1 aromatic heterocycles. The number of amides is 2. The highest BCUT2D eigenvalue weighted by Gasteiger charge is 2.01. The van der Waals surface area contributed by atoms with Crippen LogP contribution in [0.25, 0.3) is 0 Å². The average Bonchev–Trinajstić information content (AvgIpc) is 2.55. The van der Waals surface area contributed by atoms with Crippen LogP contribution in [0.15, 0.2) is 42.6 Å². The molecule has 0 aliphatic heterocycles. The van der Waals surface area contributed by atoms with Crippen molar-refractivity contribution < 1.29 is 9.90 Å². The Morgan fingerprint density at radius 2 is 1.73 bits per heavy atom. The summed E-state index contributed by atoms with van der Waals surface area (Å²) in [5, 5.41) is 14.6. The number of nitrogens with one attached hydrogen (secondary N) is 2. The number of pyridine rings is 1. The number of rotatable bonds is 6. The molecule has 0 aliphatic carbocycles. The van der Waals surface area contributed by atoms with Gasteiger partial charge in [-0.3, -0.25) is 4.98 Å². The molecule has 0 radical (unpaired) electrons. The van der Waals surface area contributed by atoms with E-state index in [2.05, 4.69) is 15.6 Å². The molecule has 0 spiro atoms. The molecule has 2 rings (SSSR count).